The second kappa shape index (κ2) is 5.79. The van der Waals surface area contributed by atoms with Crippen molar-refractivity contribution < 1.29 is 17.9 Å². The van der Waals surface area contributed by atoms with E-state index in [4.69, 9.17) is 0 Å². The summed E-state index contributed by atoms with van der Waals surface area (Å²) in [6.07, 6.45) is -4.64. The Morgan fingerprint density at radius 1 is 1.32 bits per heavy atom. The summed E-state index contributed by atoms with van der Waals surface area (Å²) in [5.74, 6) is -0.178. The second-order valence-corrected chi connectivity index (χ2v) is 4.47. The van der Waals surface area contributed by atoms with Crippen LogP contribution in [0.5, 0.6) is 5.75 Å². The zero-order valence-corrected chi connectivity index (χ0v) is 10.7. The predicted molar refractivity (Wildman–Crippen MR) is 66.0 cm³/mol. The van der Waals surface area contributed by atoms with Gasteiger partial charge >= 0.3 is 6.36 Å². The molecule has 0 aliphatic carbocycles. The average molecular weight is 274 g/mol. The molecular weight excluding hydrogens is 257 g/mol. The van der Waals surface area contributed by atoms with Crippen molar-refractivity contribution >= 4 is 0 Å². The van der Waals surface area contributed by atoms with Crippen LogP contribution < -0.4 is 10.1 Å². The molecule has 0 spiro atoms. The molecule has 106 valence electrons. The van der Waals surface area contributed by atoms with Crippen LogP contribution in [0.25, 0.3) is 0 Å². The Kier molecular flexibility index (Phi) is 4.31. The fourth-order valence-electron chi connectivity index (χ4n) is 2.35. The average Bonchev–Trinajstić information content (AvgIpc) is 2.38. The van der Waals surface area contributed by atoms with Crippen molar-refractivity contribution in [3.8, 4) is 5.75 Å². The van der Waals surface area contributed by atoms with Gasteiger partial charge in [-0.2, -0.15) is 0 Å². The minimum atomic E-state index is -4.64. The zero-order valence-electron chi connectivity index (χ0n) is 10.7. The van der Waals surface area contributed by atoms with Crippen LogP contribution >= 0.6 is 0 Å². The molecule has 0 radical (unpaired) electrons. The first-order valence-electron chi connectivity index (χ1n) is 6.30. The summed E-state index contributed by atoms with van der Waals surface area (Å²) in [7, 11) is 0. The van der Waals surface area contributed by atoms with Gasteiger partial charge in [0.2, 0.25) is 0 Å². The summed E-state index contributed by atoms with van der Waals surface area (Å²) in [6.45, 7) is 5.71. The largest absolute Gasteiger partial charge is 0.573 e. The monoisotopic (exact) mass is 274 g/mol. The lowest BCUT2D eigenvalue weighted by Crippen LogP contribution is -2.45. The molecule has 1 unspecified atom stereocenters. The van der Waals surface area contributed by atoms with E-state index in [2.05, 4.69) is 21.9 Å². The number of likely N-dealkylation sites (N-methyl/N-ethyl adjacent to an activating group) is 1. The van der Waals surface area contributed by atoms with E-state index in [1.165, 1.54) is 12.1 Å². The third-order valence-electron chi connectivity index (χ3n) is 3.26. The lowest BCUT2D eigenvalue weighted by Gasteiger charge is -2.35. The van der Waals surface area contributed by atoms with E-state index in [0.29, 0.717) is 0 Å². The smallest absolute Gasteiger partial charge is 0.406 e. The quantitative estimate of drug-likeness (QED) is 0.916. The highest BCUT2D eigenvalue weighted by Gasteiger charge is 2.31. The fourth-order valence-corrected chi connectivity index (χ4v) is 2.35. The number of ether oxygens (including phenoxy) is 1. The molecule has 1 fully saturated rings. The highest BCUT2D eigenvalue weighted by molar-refractivity contribution is 5.29. The molecule has 19 heavy (non-hydrogen) atoms. The van der Waals surface area contributed by atoms with Crippen molar-refractivity contribution in [1.82, 2.24) is 10.2 Å². The molecule has 0 bridgehead atoms. The Labute approximate surface area is 110 Å². The van der Waals surface area contributed by atoms with Gasteiger partial charge in [0.1, 0.15) is 5.75 Å². The lowest BCUT2D eigenvalue weighted by molar-refractivity contribution is -0.274. The molecule has 1 saturated heterocycles. The third kappa shape index (κ3) is 3.84. The van der Waals surface area contributed by atoms with Gasteiger partial charge in [-0.25, -0.2) is 0 Å². The normalized spacial score (nSPS) is 21.4. The summed E-state index contributed by atoms with van der Waals surface area (Å²) >= 11 is 0. The van der Waals surface area contributed by atoms with Crippen molar-refractivity contribution in [2.24, 2.45) is 0 Å². The highest BCUT2D eigenvalue weighted by atomic mass is 19.4. The van der Waals surface area contributed by atoms with Crippen molar-refractivity contribution in [1.29, 1.82) is 0 Å². The number of nitrogens with zero attached hydrogens (tertiary/aromatic N) is 1. The van der Waals surface area contributed by atoms with Gasteiger partial charge in [0.05, 0.1) is 0 Å². The van der Waals surface area contributed by atoms with Gasteiger partial charge < -0.3 is 10.1 Å². The van der Waals surface area contributed by atoms with Gasteiger partial charge in [0.25, 0.3) is 0 Å². The maximum atomic E-state index is 12.1. The van der Waals surface area contributed by atoms with Crippen LogP contribution in [0.1, 0.15) is 18.5 Å². The standard InChI is InChI=1S/C13H17F3N2O/c1-2-18-8-7-17-9-12(18)10-3-5-11(6-4-10)19-13(14,15)16/h3-6,12,17H,2,7-9H2,1H3. The Balaban J connectivity index is 2.08. The molecule has 2 rings (SSSR count). The van der Waals surface area contributed by atoms with Crippen LogP contribution in [0, 0.1) is 0 Å². The molecule has 1 heterocycles. The number of hydrogen-bond donors (Lipinski definition) is 1. The molecule has 1 aromatic carbocycles. The van der Waals surface area contributed by atoms with Crippen LogP contribution in [0.15, 0.2) is 24.3 Å². The van der Waals surface area contributed by atoms with Crippen LogP contribution in [0.3, 0.4) is 0 Å². The number of hydrogen-bond acceptors (Lipinski definition) is 3. The van der Waals surface area contributed by atoms with Crippen molar-refractivity contribution in [2.45, 2.75) is 19.3 Å². The minimum Gasteiger partial charge on any atom is -0.406 e. The first kappa shape index (κ1) is 14.1. The van der Waals surface area contributed by atoms with Crippen LogP contribution in [0.2, 0.25) is 0 Å². The molecular formula is C13H17F3N2O. The maximum Gasteiger partial charge on any atom is 0.573 e. The summed E-state index contributed by atoms with van der Waals surface area (Å²) in [5, 5.41) is 3.30. The van der Waals surface area contributed by atoms with Gasteiger partial charge in [-0.05, 0) is 24.2 Å². The van der Waals surface area contributed by atoms with Crippen molar-refractivity contribution in [3.63, 3.8) is 0 Å². The van der Waals surface area contributed by atoms with E-state index in [-0.39, 0.29) is 11.8 Å². The molecule has 1 aliphatic rings. The van der Waals surface area contributed by atoms with Crippen LogP contribution in [-0.4, -0.2) is 37.4 Å². The maximum absolute atomic E-state index is 12.1. The third-order valence-corrected chi connectivity index (χ3v) is 3.26. The first-order valence-corrected chi connectivity index (χ1v) is 6.30. The molecule has 1 atom stereocenters. The van der Waals surface area contributed by atoms with E-state index in [9.17, 15) is 13.2 Å². The van der Waals surface area contributed by atoms with Gasteiger partial charge in [-0.1, -0.05) is 19.1 Å². The molecule has 6 heteroatoms. The van der Waals surface area contributed by atoms with Crippen LogP contribution in [-0.2, 0) is 0 Å². The van der Waals surface area contributed by atoms with Gasteiger partial charge in [-0.15, -0.1) is 13.2 Å². The molecule has 1 aliphatic heterocycles. The fraction of sp³-hybridized carbons (Fsp3) is 0.538. The highest BCUT2D eigenvalue weighted by Crippen LogP contribution is 2.27. The SMILES string of the molecule is CCN1CCNCC1c1ccc(OC(F)(F)F)cc1. The number of alkyl halides is 3. The van der Waals surface area contributed by atoms with E-state index >= 15 is 0 Å². The summed E-state index contributed by atoms with van der Waals surface area (Å²) in [4.78, 5) is 2.30. The van der Waals surface area contributed by atoms with Gasteiger partial charge in [-0.3, -0.25) is 4.90 Å². The number of halogens is 3. The zero-order chi connectivity index (χ0) is 13.9. The summed E-state index contributed by atoms with van der Waals surface area (Å²) in [6, 6.07) is 6.33. The minimum absolute atomic E-state index is 0.178. The Bertz CT molecular complexity index is 405. The second-order valence-electron chi connectivity index (χ2n) is 4.47. The molecule has 1 N–H and O–H groups in total. The summed E-state index contributed by atoms with van der Waals surface area (Å²) < 4.78 is 40.1. The summed E-state index contributed by atoms with van der Waals surface area (Å²) in [5.41, 5.74) is 1.00. The number of benzene rings is 1. The molecule has 0 amide bonds. The van der Waals surface area contributed by atoms with E-state index < -0.39 is 6.36 Å². The van der Waals surface area contributed by atoms with E-state index in [1.807, 2.05) is 0 Å². The molecule has 3 nitrogen and oxygen atoms in total. The van der Waals surface area contributed by atoms with E-state index in [1.54, 1.807) is 12.1 Å². The molecule has 0 aromatic heterocycles. The number of rotatable bonds is 3. The number of nitrogens with one attached hydrogen (secondary N) is 1. The Morgan fingerprint density at radius 2 is 2.00 bits per heavy atom. The first-order chi connectivity index (χ1) is 8.99. The number of piperazine rings is 1. The molecule has 1 aromatic rings. The Morgan fingerprint density at radius 3 is 2.58 bits per heavy atom. The lowest BCUT2D eigenvalue weighted by atomic mass is 10.0. The topological polar surface area (TPSA) is 24.5 Å². The Hall–Kier alpha value is -1.27. The van der Waals surface area contributed by atoms with Gasteiger partial charge in [0.15, 0.2) is 0 Å². The van der Waals surface area contributed by atoms with E-state index in [0.717, 1.165) is 31.7 Å². The van der Waals surface area contributed by atoms with Gasteiger partial charge in [0, 0.05) is 25.7 Å². The van der Waals surface area contributed by atoms with Crippen LogP contribution in [0.4, 0.5) is 13.2 Å². The van der Waals surface area contributed by atoms with Crippen molar-refractivity contribution in [2.75, 3.05) is 26.2 Å². The van der Waals surface area contributed by atoms with Crippen molar-refractivity contribution in [3.05, 3.63) is 29.8 Å². The molecule has 0 saturated carbocycles. The predicted octanol–water partition coefficient (Wildman–Crippen LogP) is 2.55.